The molecule has 3 nitrogen and oxygen atoms in total. The molecule has 0 saturated heterocycles. The molecule has 0 radical (unpaired) electrons. The van der Waals surface area contributed by atoms with Crippen LogP contribution in [0.5, 0.6) is 0 Å². The molecule has 0 aromatic rings. The van der Waals surface area contributed by atoms with Crippen LogP contribution in [0.3, 0.4) is 0 Å². The highest BCUT2D eigenvalue weighted by Gasteiger charge is 2.62. The minimum absolute atomic E-state index is 0.0614. The average molecular weight is 447 g/mol. The van der Waals surface area contributed by atoms with Crippen molar-refractivity contribution in [3.8, 4) is 0 Å². The molecule has 4 rings (SSSR count). The van der Waals surface area contributed by atoms with Gasteiger partial charge in [0.25, 0.3) is 0 Å². The zero-order valence-electron chi connectivity index (χ0n) is 21.8. The Labute approximate surface area is 197 Å². The van der Waals surface area contributed by atoms with Crippen molar-refractivity contribution in [2.75, 3.05) is 7.11 Å². The van der Waals surface area contributed by atoms with Gasteiger partial charge >= 0.3 is 5.97 Å². The van der Waals surface area contributed by atoms with Gasteiger partial charge in [-0.1, -0.05) is 34.6 Å². The lowest BCUT2D eigenvalue weighted by Crippen LogP contribution is -2.56. The Kier molecular flexibility index (Phi) is 6.83. The SMILES string of the molecule is CC[C@]1(O)CC[C@@]2(C)[C@@H](CC[C@@H]3[C@@H]2CC[C@@]2(C)[C@H]3C[C@@H](C)[C@@H]2C(C)CCCC(=O)OC)C1. The third-order valence-corrected chi connectivity index (χ3v) is 11.8. The van der Waals surface area contributed by atoms with Gasteiger partial charge in [-0.2, -0.15) is 0 Å². The smallest absolute Gasteiger partial charge is 0.305 e. The third kappa shape index (κ3) is 3.97. The molecule has 0 aliphatic heterocycles. The van der Waals surface area contributed by atoms with Crippen LogP contribution in [-0.2, 0) is 9.53 Å². The van der Waals surface area contributed by atoms with E-state index in [9.17, 15) is 9.90 Å². The molecule has 184 valence electrons. The predicted octanol–water partition coefficient (Wildman–Crippen LogP) is 7.01. The summed E-state index contributed by atoms with van der Waals surface area (Å²) >= 11 is 0. The molecule has 4 fully saturated rings. The molecule has 1 N–H and O–H groups in total. The maximum absolute atomic E-state index is 11.6. The van der Waals surface area contributed by atoms with Gasteiger partial charge in [0.05, 0.1) is 12.7 Å². The van der Waals surface area contributed by atoms with Crippen LogP contribution < -0.4 is 0 Å². The van der Waals surface area contributed by atoms with E-state index in [4.69, 9.17) is 4.74 Å². The number of hydrogen-bond acceptors (Lipinski definition) is 3. The Morgan fingerprint density at radius 3 is 2.53 bits per heavy atom. The summed E-state index contributed by atoms with van der Waals surface area (Å²) in [5.41, 5.74) is 0.513. The highest BCUT2D eigenvalue weighted by molar-refractivity contribution is 5.68. The maximum Gasteiger partial charge on any atom is 0.305 e. The summed E-state index contributed by atoms with van der Waals surface area (Å²) in [5, 5.41) is 11.0. The van der Waals surface area contributed by atoms with Crippen LogP contribution in [0, 0.1) is 52.3 Å². The summed E-state index contributed by atoms with van der Waals surface area (Å²) in [7, 11) is 1.50. The molecule has 0 amide bonds. The first-order valence-corrected chi connectivity index (χ1v) is 13.9. The van der Waals surface area contributed by atoms with E-state index in [2.05, 4.69) is 34.6 Å². The van der Waals surface area contributed by atoms with Crippen LogP contribution in [0.2, 0.25) is 0 Å². The van der Waals surface area contributed by atoms with Crippen molar-refractivity contribution in [3.05, 3.63) is 0 Å². The number of carbonyl (C=O) groups excluding carboxylic acids is 1. The van der Waals surface area contributed by atoms with E-state index in [1.807, 2.05) is 0 Å². The normalized spacial score (nSPS) is 49.0. The second-order valence-corrected chi connectivity index (χ2v) is 13.2. The molecule has 0 bridgehead atoms. The Morgan fingerprint density at radius 2 is 1.84 bits per heavy atom. The van der Waals surface area contributed by atoms with E-state index in [0.29, 0.717) is 23.2 Å². The summed E-state index contributed by atoms with van der Waals surface area (Å²) in [5.74, 6) is 5.54. The molecule has 0 heterocycles. The van der Waals surface area contributed by atoms with Gasteiger partial charge in [0.2, 0.25) is 0 Å². The monoisotopic (exact) mass is 446 g/mol. The fraction of sp³-hybridized carbons (Fsp3) is 0.966. The molecular weight excluding hydrogens is 396 g/mol. The van der Waals surface area contributed by atoms with Crippen molar-refractivity contribution in [1.29, 1.82) is 0 Å². The van der Waals surface area contributed by atoms with Crippen LogP contribution in [-0.4, -0.2) is 23.8 Å². The molecule has 10 atom stereocenters. The van der Waals surface area contributed by atoms with Crippen LogP contribution in [0.25, 0.3) is 0 Å². The van der Waals surface area contributed by atoms with Gasteiger partial charge in [-0.05, 0) is 123 Å². The Hall–Kier alpha value is -0.570. The summed E-state index contributed by atoms with van der Waals surface area (Å²) in [6, 6.07) is 0. The quantitative estimate of drug-likeness (QED) is 0.446. The van der Waals surface area contributed by atoms with E-state index >= 15 is 0 Å². The van der Waals surface area contributed by atoms with Crippen molar-refractivity contribution in [1.82, 2.24) is 0 Å². The lowest BCUT2D eigenvalue weighted by Gasteiger charge is -2.62. The maximum atomic E-state index is 11.6. The van der Waals surface area contributed by atoms with Crippen molar-refractivity contribution >= 4 is 5.97 Å². The minimum atomic E-state index is -0.396. The first kappa shape index (κ1) is 24.6. The van der Waals surface area contributed by atoms with Crippen LogP contribution >= 0.6 is 0 Å². The van der Waals surface area contributed by atoms with E-state index < -0.39 is 5.60 Å². The zero-order valence-corrected chi connectivity index (χ0v) is 21.8. The number of ether oxygens (including phenoxy) is 1. The molecule has 0 aromatic heterocycles. The average Bonchev–Trinajstić information content (AvgIpc) is 3.04. The van der Waals surface area contributed by atoms with E-state index in [0.717, 1.165) is 67.6 Å². The fourth-order valence-electron chi connectivity index (χ4n) is 10.1. The zero-order chi connectivity index (χ0) is 23.3. The van der Waals surface area contributed by atoms with Gasteiger partial charge in [0.15, 0.2) is 0 Å². The first-order valence-electron chi connectivity index (χ1n) is 13.9. The molecule has 4 aliphatic carbocycles. The fourth-order valence-corrected chi connectivity index (χ4v) is 10.1. The third-order valence-electron chi connectivity index (χ3n) is 11.8. The minimum Gasteiger partial charge on any atom is -0.469 e. The highest BCUT2D eigenvalue weighted by Crippen LogP contribution is 2.70. The molecule has 3 heteroatoms. The second-order valence-electron chi connectivity index (χ2n) is 13.2. The number of fused-ring (bicyclic) bond motifs is 5. The lowest BCUT2D eigenvalue weighted by molar-refractivity contribution is -0.153. The molecule has 0 aromatic carbocycles. The summed E-state index contributed by atoms with van der Waals surface area (Å²) in [4.78, 5) is 11.6. The number of esters is 1. The number of hydrogen-bond donors (Lipinski definition) is 1. The first-order chi connectivity index (χ1) is 15.1. The topological polar surface area (TPSA) is 46.5 Å². The van der Waals surface area contributed by atoms with Crippen LogP contribution in [0.15, 0.2) is 0 Å². The number of methoxy groups -OCH3 is 1. The Bertz CT molecular complexity index is 690. The van der Waals surface area contributed by atoms with Crippen molar-refractivity contribution < 1.29 is 14.6 Å². The van der Waals surface area contributed by atoms with E-state index in [-0.39, 0.29) is 5.97 Å². The largest absolute Gasteiger partial charge is 0.469 e. The summed E-state index contributed by atoms with van der Waals surface area (Å²) < 4.78 is 4.86. The predicted molar refractivity (Wildman–Crippen MR) is 130 cm³/mol. The highest BCUT2D eigenvalue weighted by atomic mass is 16.5. The van der Waals surface area contributed by atoms with Gasteiger partial charge < -0.3 is 9.84 Å². The van der Waals surface area contributed by atoms with Gasteiger partial charge in [-0.3, -0.25) is 4.79 Å². The van der Waals surface area contributed by atoms with Crippen LogP contribution in [0.4, 0.5) is 0 Å². The van der Waals surface area contributed by atoms with Crippen molar-refractivity contribution in [2.24, 2.45) is 52.3 Å². The second kappa shape index (κ2) is 8.90. The van der Waals surface area contributed by atoms with E-state index in [1.165, 1.54) is 45.6 Å². The van der Waals surface area contributed by atoms with Gasteiger partial charge in [-0.25, -0.2) is 0 Å². The van der Waals surface area contributed by atoms with Crippen molar-refractivity contribution in [2.45, 2.75) is 117 Å². The van der Waals surface area contributed by atoms with Crippen LogP contribution in [0.1, 0.15) is 112 Å². The van der Waals surface area contributed by atoms with Gasteiger partial charge in [0, 0.05) is 6.42 Å². The Morgan fingerprint density at radius 1 is 1.09 bits per heavy atom. The summed E-state index contributed by atoms with van der Waals surface area (Å²) in [6.45, 7) is 12.4. The molecular formula is C29H50O3. The van der Waals surface area contributed by atoms with Gasteiger partial charge in [-0.15, -0.1) is 0 Å². The lowest BCUT2D eigenvalue weighted by atomic mass is 9.43. The number of carbonyl (C=O) groups is 1. The van der Waals surface area contributed by atoms with Gasteiger partial charge in [0.1, 0.15) is 0 Å². The molecule has 1 unspecified atom stereocenters. The Balaban J connectivity index is 1.48. The number of rotatable bonds is 6. The molecule has 32 heavy (non-hydrogen) atoms. The number of aliphatic hydroxyl groups is 1. The molecule has 4 aliphatic rings. The molecule has 4 saturated carbocycles. The summed E-state index contributed by atoms with van der Waals surface area (Å²) in [6.07, 6.45) is 13.8. The van der Waals surface area contributed by atoms with Crippen molar-refractivity contribution in [3.63, 3.8) is 0 Å². The standard InChI is InChI=1S/C29H50O3/c1-7-29(31)16-15-27(4)21(18-29)11-12-22-23(27)13-14-28(5)24(22)17-20(3)26(28)19(2)9-8-10-25(30)32-6/h19-24,26,31H,7-18H2,1-6H3/t19?,20-,21+,22-,23+,24+,26+,27+,28+,29+/m1/s1. The van der Waals surface area contributed by atoms with E-state index in [1.54, 1.807) is 0 Å². The molecule has 0 spiro atoms.